The smallest absolute Gasteiger partial charge is 0.314 e. The van der Waals surface area contributed by atoms with E-state index in [4.69, 9.17) is 0 Å². The number of hydrogen-bond donors (Lipinski definition) is 0. The molecule has 0 N–H and O–H groups in total. The summed E-state index contributed by atoms with van der Waals surface area (Å²) < 4.78 is 9.05. The minimum Gasteiger partial charge on any atom is -0.393 e. The van der Waals surface area contributed by atoms with Gasteiger partial charge in [0.2, 0.25) is 23.6 Å². The fraction of sp³-hybridized carbons (Fsp3) is 0.310. The monoisotopic (exact) mass is 558 g/mol. The fourth-order valence-electron chi connectivity index (χ4n) is 6.05. The van der Waals surface area contributed by atoms with Crippen molar-refractivity contribution in [1.82, 2.24) is 0 Å². The molecule has 2 aromatic carbocycles. The molecule has 4 amide bonds. The molecule has 2 aromatic rings. The lowest BCUT2D eigenvalue weighted by Crippen LogP contribution is -2.42. The number of carbonyl (C=O) groups excluding carboxylic acids is 8. The molecule has 4 aliphatic heterocycles. The SMILES string of the molecule is O=C1CC2(CC(=O)O1)CC(=O)N(c1ccc(Cc3ccc(N4C(=O)CC5(CC(=O)OC(=O)C5)C4=O)cc3)cc1)C2=O. The highest BCUT2D eigenvalue weighted by Crippen LogP contribution is 2.45. The van der Waals surface area contributed by atoms with Crippen LogP contribution in [0.25, 0.3) is 0 Å². The van der Waals surface area contributed by atoms with Crippen molar-refractivity contribution < 1.29 is 47.8 Å². The Morgan fingerprint density at radius 2 is 0.805 bits per heavy atom. The summed E-state index contributed by atoms with van der Waals surface area (Å²) in [5, 5.41) is 0. The van der Waals surface area contributed by atoms with Gasteiger partial charge in [0.15, 0.2) is 0 Å². The Labute approximate surface area is 232 Å². The Bertz CT molecular complexity index is 1420. The van der Waals surface area contributed by atoms with Gasteiger partial charge >= 0.3 is 23.9 Å². The highest BCUT2D eigenvalue weighted by molar-refractivity contribution is 6.25. The number of ether oxygens (including phenoxy) is 2. The van der Waals surface area contributed by atoms with Crippen molar-refractivity contribution in [3.63, 3.8) is 0 Å². The molecule has 0 atom stereocenters. The number of rotatable bonds is 4. The molecule has 4 fully saturated rings. The molecule has 208 valence electrons. The fourth-order valence-corrected chi connectivity index (χ4v) is 6.05. The largest absolute Gasteiger partial charge is 0.393 e. The quantitative estimate of drug-likeness (QED) is 0.305. The van der Waals surface area contributed by atoms with Crippen LogP contribution in [0.1, 0.15) is 49.7 Å². The molecule has 12 heteroatoms. The van der Waals surface area contributed by atoms with Gasteiger partial charge in [-0.1, -0.05) is 24.3 Å². The zero-order valence-corrected chi connectivity index (χ0v) is 21.5. The number of nitrogens with zero attached hydrogens (tertiary/aromatic N) is 2. The van der Waals surface area contributed by atoms with E-state index in [-0.39, 0.29) is 38.5 Å². The summed E-state index contributed by atoms with van der Waals surface area (Å²) in [5.41, 5.74) is -0.467. The van der Waals surface area contributed by atoms with E-state index in [9.17, 15) is 38.4 Å². The van der Waals surface area contributed by atoms with Crippen molar-refractivity contribution in [3.8, 4) is 0 Å². The normalized spacial score (nSPS) is 21.8. The van der Waals surface area contributed by atoms with E-state index < -0.39 is 58.3 Å². The summed E-state index contributed by atoms with van der Waals surface area (Å²) in [6, 6.07) is 13.4. The predicted molar refractivity (Wildman–Crippen MR) is 135 cm³/mol. The summed E-state index contributed by atoms with van der Waals surface area (Å²) in [6.07, 6.45) is -1.34. The third-order valence-corrected chi connectivity index (χ3v) is 7.98. The van der Waals surface area contributed by atoms with Crippen molar-refractivity contribution in [2.24, 2.45) is 10.8 Å². The molecule has 2 spiro atoms. The van der Waals surface area contributed by atoms with Crippen LogP contribution in [-0.4, -0.2) is 47.5 Å². The summed E-state index contributed by atoms with van der Waals surface area (Å²) in [6.45, 7) is 0. The second kappa shape index (κ2) is 9.29. The maximum Gasteiger partial charge on any atom is 0.314 e. The summed E-state index contributed by atoms with van der Waals surface area (Å²) in [5.74, 6) is -5.48. The lowest BCUT2D eigenvalue weighted by molar-refractivity contribution is -0.172. The zero-order chi connectivity index (χ0) is 29.1. The first-order valence-corrected chi connectivity index (χ1v) is 12.9. The minimum atomic E-state index is -1.41. The number of anilines is 2. The molecule has 4 saturated heterocycles. The van der Waals surface area contributed by atoms with Gasteiger partial charge in [0.25, 0.3) is 0 Å². The van der Waals surface area contributed by atoms with E-state index in [0.717, 1.165) is 20.9 Å². The van der Waals surface area contributed by atoms with Crippen LogP contribution in [0, 0.1) is 10.8 Å². The van der Waals surface area contributed by atoms with Gasteiger partial charge in [-0.15, -0.1) is 0 Å². The Morgan fingerprint density at radius 3 is 1.12 bits per heavy atom. The Kier molecular flexibility index (Phi) is 5.94. The van der Waals surface area contributed by atoms with Crippen LogP contribution in [-0.2, 0) is 54.3 Å². The van der Waals surface area contributed by atoms with Crippen LogP contribution in [0.5, 0.6) is 0 Å². The number of imide groups is 2. The number of carbonyl (C=O) groups is 8. The van der Waals surface area contributed by atoms with Gasteiger partial charge in [0.05, 0.1) is 47.9 Å². The highest BCUT2D eigenvalue weighted by atomic mass is 16.6. The molecule has 4 heterocycles. The molecule has 0 radical (unpaired) electrons. The van der Waals surface area contributed by atoms with Crippen molar-refractivity contribution in [2.75, 3.05) is 9.80 Å². The highest BCUT2D eigenvalue weighted by Gasteiger charge is 2.58. The standard InChI is InChI=1S/C29H22N2O10/c32-20-10-28(12-22(34)40-23(35)13-28)26(38)30(20)18-5-1-16(2-6-18)9-17-3-7-19(8-4-17)31-21(33)11-29(27(31)39)14-24(36)41-25(37)15-29/h1-8H,9-15H2. The van der Waals surface area contributed by atoms with E-state index in [1.165, 1.54) is 0 Å². The van der Waals surface area contributed by atoms with Crippen molar-refractivity contribution in [3.05, 3.63) is 59.7 Å². The Balaban J connectivity index is 1.14. The van der Waals surface area contributed by atoms with Gasteiger partial charge in [-0.2, -0.15) is 0 Å². The lowest BCUT2D eigenvalue weighted by Gasteiger charge is -2.28. The van der Waals surface area contributed by atoms with Crippen LogP contribution in [0.3, 0.4) is 0 Å². The molecule has 0 bridgehead atoms. The topological polar surface area (TPSA) is 162 Å². The van der Waals surface area contributed by atoms with Crippen LogP contribution in [0.4, 0.5) is 11.4 Å². The number of cyclic esters (lactones) is 4. The maximum absolute atomic E-state index is 13.1. The first kappa shape index (κ1) is 26.2. The molecule has 4 aliphatic rings. The Morgan fingerprint density at radius 1 is 0.488 bits per heavy atom. The van der Waals surface area contributed by atoms with Gasteiger partial charge in [0.1, 0.15) is 0 Å². The van der Waals surface area contributed by atoms with Crippen molar-refractivity contribution in [1.29, 1.82) is 0 Å². The van der Waals surface area contributed by atoms with Crippen LogP contribution in [0.2, 0.25) is 0 Å². The zero-order valence-electron chi connectivity index (χ0n) is 21.5. The number of esters is 4. The van der Waals surface area contributed by atoms with Crippen LogP contribution >= 0.6 is 0 Å². The predicted octanol–water partition coefficient (Wildman–Crippen LogP) is 1.50. The van der Waals surface area contributed by atoms with E-state index in [1.807, 2.05) is 0 Å². The minimum absolute atomic E-state index is 0.246. The molecule has 0 unspecified atom stereocenters. The van der Waals surface area contributed by atoms with Crippen LogP contribution < -0.4 is 9.80 Å². The van der Waals surface area contributed by atoms with Gasteiger partial charge in [-0.25, -0.2) is 0 Å². The number of benzene rings is 2. The first-order valence-electron chi connectivity index (χ1n) is 12.9. The molecular formula is C29H22N2O10. The van der Waals surface area contributed by atoms with Gasteiger partial charge in [0, 0.05) is 12.8 Å². The van der Waals surface area contributed by atoms with Gasteiger partial charge in [-0.05, 0) is 41.8 Å². The summed E-state index contributed by atoms with van der Waals surface area (Å²) in [7, 11) is 0. The second-order valence-corrected chi connectivity index (χ2v) is 10.9. The van der Waals surface area contributed by atoms with Crippen LogP contribution in [0.15, 0.2) is 48.5 Å². The van der Waals surface area contributed by atoms with Gasteiger partial charge in [-0.3, -0.25) is 48.2 Å². The second-order valence-electron chi connectivity index (χ2n) is 10.9. The third kappa shape index (κ3) is 4.41. The van der Waals surface area contributed by atoms with E-state index >= 15 is 0 Å². The third-order valence-electron chi connectivity index (χ3n) is 7.98. The van der Waals surface area contributed by atoms with Gasteiger partial charge < -0.3 is 9.47 Å². The molecule has 41 heavy (non-hydrogen) atoms. The van der Waals surface area contributed by atoms with Crippen molar-refractivity contribution in [2.45, 2.75) is 44.9 Å². The summed E-state index contributed by atoms with van der Waals surface area (Å²) in [4.78, 5) is 101. The molecule has 12 nitrogen and oxygen atoms in total. The summed E-state index contributed by atoms with van der Waals surface area (Å²) >= 11 is 0. The molecule has 0 aromatic heterocycles. The average molecular weight is 558 g/mol. The number of hydrogen-bond acceptors (Lipinski definition) is 10. The van der Waals surface area contributed by atoms with Crippen molar-refractivity contribution >= 4 is 58.9 Å². The molecular weight excluding hydrogens is 536 g/mol. The Hall–Kier alpha value is -5.00. The van der Waals surface area contributed by atoms with E-state index in [2.05, 4.69) is 9.47 Å². The number of amides is 4. The first-order chi connectivity index (χ1) is 19.5. The maximum atomic E-state index is 13.1. The molecule has 6 rings (SSSR count). The lowest BCUT2D eigenvalue weighted by atomic mass is 9.78. The average Bonchev–Trinajstić information content (AvgIpc) is 3.25. The van der Waals surface area contributed by atoms with E-state index in [1.54, 1.807) is 48.5 Å². The molecule has 0 saturated carbocycles. The molecule has 0 aliphatic carbocycles. The van der Waals surface area contributed by atoms with E-state index in [0.29, 0.717) is 17.8 Å².